The van der Waals surface area contributed by atoms with Gasteiger partial charge in [0.05, 0.1) is 17.7 Å². The number of benzene rings is 2. The predicted molar refractivity (Wildman–Crippen MR) is 131 cm³/mol. The fourth-order valence-electron chi connectivity index (χ4n) is 4.14. The number of hydrogen-bond acceptors (Lipinski definition) is 4. The third kappa shape index (κ3) is 5.39. The zero-order valence-corrected chi connectivity index (χ0v) is 20.8. The SMILES string of the molecule is Cc1ccc(C(C)(C)C)cc1/C(O)=C1\C(=O)C(=O)N(CCCOC(C)C)C1c1ccc(F)cc1. The van der Waals surface area contributed by atoms with Crippen LogP contribution in [0.4, 0.5) is 4.39 Å². The minimum absolute atomic E-state index is 0.0237. The number of likely N-dealkylation sites (tertiary alicyclic amines) is 1. The number of hydrogen-bond donors (Lipinski definition) is 1. The quantitative estimate of drug-likeness (QED) is 0.247. The highest BCUT2D eigenvalue weighted by Gasteiger charge is 2.46. The number of aliphatic hydroxyl groups excluding tert-OH is 1. The van der Waals surface area contributed by atoms with Crippen LogP contribution in [-0.4, -0.2) is 41.0 Å². The third-order valence-electron chi connectivity index (χ3n) is 6.08. The van der Waals surface area contributed by atoms with Crippen LogP contribution in [0, 0.1) is 12.7 Å². The smallest absolute Gasteiger partial charge is 0.295 e. The first-order valence-electron chi connectivity index (χ1n) is 11.7. The van der Waals surface area contributed by atoms with Gasteiger partial charge in [0.25, 0.3) is 11.7 Å². The first-order chi connectivity index (χ1) is 15.9. The fourth-order valence-corrected chi connectivity index (χ4v) is 4.14. The molecule has 0 spiro atoms. The van der Waals surface area contributed by atoms with E-state index in [1.165, 1.54) is 17.0 Å². The summed E-state index contributed by atoms with van der Waals surface area (Å²) in [5, 5.41) is 11.4. The van der Waals surface area contributed by atoms with Gasteiger partial charge in [0.15, 0.2) is 0 Å². The molecule has 1 amide bonds. The molecule has 182 valence electrons. The number of rotatable bonds is 7. The van der Waals surface area contributed by atoms with Crippen molar-refractivity contribution < 1.29 is 23.8 Å². The van der Waals surface area contributed by atoms with Gasteiger partial charge in [-0.1, -0.05) is 45.0 Å². The van der Waals surface area contributed by atoms with Gasteiger partial charge in [-0.05, 0) is 67.5 Å². The maximum atomic E-state index is 13.7. The van der Waals surface area contributed by atoms with Gasteiger partial charge >= 0.3 is 0 Å². The first kappa shape index (κ1) is 25.6. The maximum absolute atomic E-state index is 13.7. The van der Waals surface area contributed by atoms with Crippen LogP contribution in [-0.2, 0) is 19.7 Å². The number of carbonyl (C=O) groups is 2. The van der Waals surface area contributed by atoms with Crippen molar-refractivity contribution in [2.75, 3.05) is 13.2 Å². The van der Waals surface area contributed by atoms with E-state index in [-0.39, 0.29) is 29.4 Å². The molecule has 5 nitrogen and oxygen atoms in total. The number of ether oxygens (including phenoxy) is 1. The number of Topliss-reactive ketones (excluding diaryl/α,β-unsaturated/α-hetero) is 1. The Kier molecular flexibility index (Phi) is 7.61. The molecule has 0 aromatic heterocycles. The zero-order chi connectivity index (χ0) is 25.2. The minimum Gasteiger partial charge on any atom is -0.507 e. The highest BCUT2D eigenvalue weighted by molar-refractivity contribution is 6.46. The molecule has 1 saturated heterocycles. The average Bonchev–Trinajstić information content (AvgIpc) is 3.01. The number of carbonyl (C=O) groups excluding carboxylic acids is 2. The van der Waals surface area contributed by atoms with Crippen molar-refractivity contribution >= 4 is 17.4 Å². The van der Waals surface area contributed by atoms with Crippen molar-refractivity contribution in [1.82, 2.24) is 4.90 Å². The number of nitrogens with zero attached hydrogens (tertiary/aromatic N) is 1. The summed E-state index contributed by atoms with van der Waals surface area (Å²) in [4.78, 5) is 27.7. The molecule has 1 atom stereocenters. The summed E-state index contributed by atoms with van der Waals surface area (Å²) < 4.78 is 19.2. The molecule has 2 aromatic rings. The number of ketones is 1. The lowest BCUT2D eigenvalue weighted by Gasteiger charge is -2.26. The molecule has 1 aliphatic rings. The summed E-state index contributed by atoms with van der Waals surface area (Å²) >= 11 is 0. The van der Waals surface area contributed by atoms with Gasteiger partial charge in [0, 0.05) is 18.7 Å². The Bertz CT molecular complexity index is 1100. The van der Waals surface area contributed by atoms with Gasteiger partial charge in [-0.15, -0.1) is 0 Å². The van der Waals surface area contributed by atoms with Crippen LogP contribution in [0.25, 0.3) is 5.76 Å². The third-order valence-corrected chi connectivity index (χ3v) is 6.08. The van der Waals surface area contributed by atoms with E-state index in [0.717, 1.165) is 11.1 Å². The largest absolute Gasteiger partial charge is 0.507 e. The molecule has 6 heteroatoms. The summed E-state index contributed by atoms with van der Waals surface area (Å²) in [6, 6.07) is 10.7. The average molecular weight is 468 g/mol. The van der Waals surface area contributed by atoms with E-state index in [1.807, 2.05) is 39.0 Å². The fraction of sp³-hybridized carbons (Fsp3) is 0.429. The second-order valence-electron chi connectivity index (χ2n) is 10.1. The highest BCUT2D eigenvalue weighted by atomic mass is 19.1. The molecule has 1 heterocycles. The maximum Gasteiger partial charge on any atom is 0.295 e. The van der Waals surface area contributed by atoms with Crippen LogP contribution in [0.1, 0.15) is 69.3 Å². The normalized spacial score (nSPS) is 18.2. The van der Waals surface area contributed by atoms with E-state index in [4.69, 9.17) is 4.74 Å². The Balaban J connectivity index is 2.11. The van der Waals surface area contributed by atoms with Gasteiger partial charge in [0.1, 0.15) is 11.6 Å². The molecule has 1 unspecified atom stereocenters. The highest BCUT2D eigenvalue weighted by Crippen LogP contribution is 2.40. The molecule has 3 rings (SSSR count). The van der Waals surface area contributed by atoms with Gasteiger partial charge < -0.3 is 14.7 Å². The summed E-state index contributed by atoms with van der Waals surface area (Å²) in [5.74, 6) is -2.04. The molecule has 1 fully saturated rings. The molecule has 0 radical (unpaired) electrons. The van der Waals surface area contributed by atoms with E-state index < -0.39 is 23.5 Å². The molecule has 34 heavy (non-hydrogen) atoms. The molecule has 0 aliphatic carbocycles. The Morgan fingerprint density at radius 2 is 1.76 bits per heavy atom. The molecular formula is C28H34FNO4. The van der Waals surface area contributed by atoms with Crippen molar-refractivity contribution in [3.05, 3.63) is 76.1 Å². The van der Waals surface area contributed by atoms with Crippen molar-refractivity contribution in [3.63, 3.8) is 0 Å². The molecule has 2 aromatic carbocycles. The summed E-state index contributed by atoms with van der Waals surface area (Å²) in [7, 11) is 0. The molecule has 0 bridgehead atoms. The van der Waals surface area contributed by atoms with Crippen molar-refractivity contribution in [3.8, 4) is 0 Å². The van der Waals surface area contributed by atoms with Gasteiger partial charge in [-0.25, -0.2) is 4.39 Å². The topological polar surface area (TPSA) is 66.8 Å². The van der Waals surface area contributed by atoms with Crippen LogP contribution in [0.15, 0.2) is 48.0 Å². The van der Waals surface area contributed by atoms with Crippen LogP contribution in [0.3, 0.4) is 0 Å². The Morgan fingerprint density at radius 3 is 2.35 bits per heavy atom. The van der Waals surface area contributed by atoms with Crippen LogP contribution in [0.2, 0.25) is 0 Å². The number of halogens is 1. The second-order valence-corrected chi connectivity index (χ2v) is 10.1. The summed E-state index contributed by atoms with van der Waals surface area (Å²) in [6.07, 6.45) is 0.586. The van der Waals surface area contributed by atoms with Crippen LogP contribution >= 0.6 is 0 Å². The van der Waals surface area contributed by atoms with Gasteiger partial charge in [0.2, 0.25) is 0 Å². The molecule has 1 N–H and O–H groups in total. The van der Waals surface area contributed by atoms with Gasteiger partial charge in [-0.2, -0.15) is 0 Å². The Labute approximate surface area is 201 Å². The summed E-state index contributed by atoms with van der Waals surface area (Å²) in [5.41, 5.74) is 2.73. The lowest BCUT2D eigenvalue weighted by Crippen LogP contribution is -2.31. The number of aliphatic hydroxyl groups is 1. The van der Waals surface area contributed by atoms with Crippen molar-refractivity contribution in [2.45, 2.75) is 65.5 Å². The van der Waals surface area contributed by atoms with E-state index in [9.17, 15) is 19.1 Å². The minimum atomic E-state index is -0.808. The zero-order valence-electron chi connectivity index (χ0n) is 20.8. The second kappa shape index (κ2) is 10.1. The van der Waals surface area contributed by atoms with E-state index >= 15 is 0 Å². The molecule has 1 aliphatic heterocycles. The Morgan fingerprint density at radius 1 is 1.12 bits per heavy atom. The van der Waals surface area contributed by atoms with E-state index in [2.05, 4.69) is 20.8 Å². The standard InChI is InChI=1S/C28H34FNO4/c1-17(2)34-15-7-14-30-24(19-9-12-21(29)13-10-19)23(26(32)27(30)33)25(31)22-16-20(28(4,5)6)11-8-18(22)3/h8-13,16-17,24,31H,7,14-15H2,1-6H3/b25-23+. The van der Waals surface area contributed by atoms with E-state index in [1.54, 1.807) is 12.1 Å². The van der Waals surface area contributed by atoms with Crippen molar-refractivity contribution in [2.24, 2.45) is 0 Å². The van der Waals surface area contributed by atoms with Gasteiger partial charge in [-0.3, -0.25) is 9.59 Å². The summed E-state index contributed by atoms with van der Waals surface area (Å²) in [6.45, 7) is 12.6. The lowest BCUT2D eigenvalue weighted by molar-refractivity contribution is -0.140. The molecular weight excluding hydrogens is 433 g/mol. The van der Waals surface area contributed by atoms with Crippen LogP contribution in [0.5, 0.6) is 0 Å². The van der Waals surface area contributed by atoms with E-state index in [0.29, 0.717) is 24.2 Å². The van der Waals surface area contributed by atoms with Crippen molar-refractivity contribution in [1.29, 1.82) is 0 Å². The van der Waals surface area contributed by atoms with Crippen LogP contribution < -0.4 is 0 Å². The number of amides is 1. The number of aryl methyl sites for hydroxylation is 1. The monoisotopic (exact) mass is 467 g/mol. The Hall–Kier alpha value is -2.99. The lowest BCUT2D eigenvalue weighted by atomic mass is 9.84. The predicted octanol–water partition coefficient (Wildman–Crippen LogP) is 5.67. The molecule has 0 saturated carbocycles. The first-order valence-corrected chi connectivity index (χ1v) is 11.7.